The van der Waals surface area contributed by atoms with E-state index in [4.69, 9.17) is 4.42 Å². The van der Waals surface area contributed by atoms with E-state index in [9.17, 15) is 0 Å². The molecule has 2 N–H and O–H groups in total. The van der Waals surface area contributed by atoms with Crippen LogP contribution in [0.1, 0.15) is 0 Å². The predicted octanol–water partition coefficient (Wildman–Crippen LogP) is 3.63. The molecular weight excluding hydrogens is 282 g/mol. The normalized spacial score (nSPS) is 10.9. The van der Waals surface area contributed by atoms with Crippen molar-refractivity contribution in [3.8, 4) is 11.5 Å². The Morgan fingerprint density at radius 3 is 2.94 bits per heavy atom. The second-order valence-corrected chi connectivity index (χ2v) is 4.63. The molecule has 0 aliphatic heterocycles. The molecule has 2 heterocycles. The highest BCUT2D eigenvalue weighted by molar-refractivity contribution is 9.10. The topological polar surface area (TPSA) is 53.9 Å². The second-order valence-electron chi connectivity index (χ2n) is 3.71. The molecule has 0 bridgehead atoms. The van der Waals surface area contributed by atoms with Gasteiger partial charge in [-0.05, 0) is 24.3 Å². The Morgan fingerprint density at radius 1 is 1.29 bits per heavy atom. The highest BCUT2D eigenvalue weighted by Crippen LogP contribution is 2.29. The molecule has 0 radical (unpaired) electrons. The van der Waals surface area contributed by atoms with Crippen LogP contribution < -0.4 is 5.32 Å². The second kappa shape index (κ2) is 3.92. The highest BCUT2D eigenvalue weighted by atomic mass is 79.9. The minimum atomic E-state index is 0.784. The number of aromatic amines is 1. The fraction of sp³-hybridized carbons (Fsp3) is 0.0833. The Morgan fingerprint density at radius 2 is 2.18 bits per heavy atom. The molecule has 0 saturated heterocycles. The van der Waals surface area contributed by atoms with E-state index < -0.39 is 0 Å². The number of aromatic nitrogens is 2. The number of H-pyrrole nitrogens is 1. The molecule has 0 saturated carbocycles. The van der Waals surface area contributed by atoms with Gasteiger partial charge >= 0.3 is 0 Å². The summed E-state index contributed by atoms with van der Waals surface area (Å²) in [6.45, 7) is 0. The van der Waals surface area contributed by atoms with Crippen LogP contribution in [0, 0.1) is 0 Å². The molecule has 2 aromatic heterocycles. The number of rotatable bonds is 2. The lowest BCUT2D eigenvalue weighted by atomic mass is 10.2. The molecule has 3 rings (SSSR count). The summed E-state index contributed by atoms with van der Waals surface area (Å²) in [5, 5.41) is 11.1. The summed E-state index contributed by atoms with van der Waals surface area (Å²) in [5.41, 5.74) is 1.73. The number of nitrogens with one attached hydrogen (secondary N) is 2. The van der Waals surface area contributed by atoms with Gasteiger partial charge in [0.25, 0.3) is 0 Å². The minimum Gasteiger partial charge on any atom is -0.454 e. The van der Waals surface area contributed by atoms with Crippen molar-refractivity contribution in [2.45, 2.75) is 0 Å². The average Bonchev–Trinajstić information content (AvgIpc) is 2.93. The van der Waals surface area contributed by atoms with Gasteiger partial charge in [-0.2, -0.15) is 5.10 Å². The van der Waals surface area contributed by atoms with Crippen molar-refractivity contribution in [3.63, 3.8) is 0 Å². The summed E-state index contributed by atoms with van der Waals surface area (Å²) in [6, 6.07) is 9.83. The van der Waals surface area contributed by atoms with Gasteiger partial charge in [0.05, 0.1) is 0 Å². The Balaban J connectivity index is 2.11. The Labute approximate surface area is 106 Å². The summed E-state index contributed by atoms with van der Waals surface area (Å²) in [7, 11) is 1.83. The van der Waals surface area contributed by atoms with Gasteiger partial charge in [0, 0.05) is 23.0 Å². The zero-order chi connectivity index (χ0) is 11.8. The van der Waals surface area contributed by atoms with Crippen LogP contribution in [0.15, 0.2) is 39.2 Å². The van der Waals surface area contributed by atoms with Crippen LogP contribution >= 0.6 is 15.9 Å². The molecule has 0 atom stereocenters. The third-order valence-corrected chi connectivity index (χ3v) is 3.07. The molecular formula is C12H10BrN3O. The fourth-order valence-electron chi connectivity index (χ4n) is 1.72. The van der Waals surface area contributed by atoms with E-state index >= 15 is 0 Å². The number of fused-ring (bicyclic) bond motifs is 1. The van der Waals surface area contributed by atoms with E-state index in [1.165, 1.54) is 0 Å². The number of hydrogen-bond donors (Lipinski definition) is 2. The zero-order valence-electron chi connectivity index (χ0n) is 9.12. The number of nitrogens with zero attached hydrogens (tertiary/aromatic N) is 1. The molecule has 0 aliphatic rings. The average molecular weight is 292 g/mol. The van der Waals surface area contributed by atoms with Crippen molar-refractivity contribution < 1.29 is 4.42 Å². The number of hydrogen-bond acceptors (Lipinski definition) is 3. The molecule has 0 spiro atoms. The molecule has 5 heteroatoms. The van der Waals surface area contributed by atoms with Crippen LogP contribution in [0.2, 0.25) is 0 Å². The Kier molecular flexibility index (Phi) is 2.40. The van der Waals surface area contributed by atoms with Gasteiger partial charge in [0.2, 0.25) is 0 Å². The molecule has 0 fully saturated rings. The van der Waals surface area contributed by atoms with E-state index in [0.29, 0.717) is 0 Å². The van der Waals surface area contributed by atoms with E-state index in [2.05, 4.69) is 31.4 Å². The van der Waals surface area contributed by atoms with Crippen LogP contribution in [0.5, 0.6) is 0 Å². The van der Waals surface area contributed by atoms with E-state index in [-0.39, 0.29) is 0 Å². The van der Waals surface area contributed by atoms with Crippen LogP contribution in [0.4, 0.5) is 5.82 Å². The largest absolute Gasteiger partial charge is 0.454 e. The van der Waals surface area contributed by atoms with Gasteiger partial charge in [-0.1, -0.05) is 15.9 Å². The van der Waals surface area contributed by atoms with E-state index in [0.717, 1.165) is 32.7 Å². The van der Waals surface area contributed by atoms with Crippen molar-refractivity contribution in [1.82, 2.24) is 10.2 Å². The summed E-state index contributed by atoms with van der Waals surface area (Å²) in [4.78, 5) is 0. The van der Waals surface area contributed by atoms with Crippen LogP contribution in [-0.4, -0.2) is 17.2 Å². The zero-order valence-corrected chi connectivity index (χ0v) is 10.7. The van der Waals surface area contributed by atoms with E-state index in [1.807, 2.05) is 37.4 Å². The first kappa shape index (κ1) is 10.4. The fourth-order valence-corrected chi connectivity index (χ4v) is 2.10. The SMILES string of the molecule is CNc1cc(-c2cc3cc(Br)ccc3o2)[nH]n1. The maximum Gasteiger partial charge on any atom is 0.153 e. The van der Waals surface area contributed by atoms with Gasteiger partial charge in [-0.3, -0.25) is 5.10 Å². The monoisotopic (exact) mass is 291 g/mol. The maximum absolute atomic E-state index is 5.75. The standard InChI is InChI=1S/C12H10BrN3O/c1-14-12-6-9(15-16-12)11-5-7-4-8(13)2-3-10(7)17-11/h2-6H,1H3,(H2,14,15,16). The molecule has 0 amide bonds. The molecule has 0 unspecified atom stereocenters. The number of anilines is 1. The Bertz CT molecular complexity index is 671. The van der Waals surface area contributed by atoms with Gasteiger partial charge in [0.15, 0.2) is 5.76 Å². The lowest BCUT2D eigenvalue weighted by molar-refractivity contribution is 0.628. The predicted molar refractivity (Wildman–Crippen MR) is 71.0 cm³/mol. The summed E-state index contributed by atoms with van der Waals surface area (Å²) < 4.78 is 6.79. The third-order valence-electron chi connectivity index (χ3n) is 2.58. The summed E-state index contributed by atoms with van der Waals surface area (Å²) in [5.74, 6) is 1.58. The van der Waals surface area contributed by atoms with Gasteiger partial charge in [-0.25, -0.2) is 0 Å². The smallest absolute Gasteiger partial charge is 0.153 e. The highest BCUT2D eigenvalue weighted by Gasteiger charge is 2.09. The summed E-state index contributed by atoms with van der Waals surface area (Å²) in [6.07, 6.45) is 0. The number of halogens is 1. The Hall–Kier alpha value is -1.75. The van der Waals surface area contributed by atoms with Crippen molar-refractivity contribution in [2.24, 2.45) is 0 Å². The molecule has 4 nitrogen and oxygen atoms in total. The lowest BCUT2D eigenvalue weighted by Crippen LogP contribution is -1.85. The third kappa shape index (κ3) is 1.82. The quantitative estimate of drug-likeness (QED) is 0.758. The lowest BCUT2D eigenvalue weighted by Gasteiger charge is -1.88. The molecule has 86 valence electrons. The molecule has 0 aliphatic carbocycles. The van der Waals surface area contributed by atoms with Crippen LogP contribution in [-0.2, 0) is 0 Å². The van der Waals surface area contributed by atoms with Crippen LogP contribution in [0.3, 0.4) is 0 Å². The van der Waals surface area contributed by atoms with Crippen LogP contribution in [0.25, 0.3) is 22.4 Å². The minimum absolute atomic E-state index is 0.784. The summed E-state index contributed by atoms with van der Waals surface area (Å²) >= 11 is 3.44. The molecule has 3 aromatic rings. The first-order chi connectivity index (χ1) is 8.26. The maximum atomic E-state index is 5.75. The van der Waals surface area contributed by atoms with Crippen molar-refractivity contribution in [1.29, 1.82) is 0 Å². The number of furan rings is 1. The van der Waals surface area contributed by atoms with Gasteiger partial charge in [0.1, 0.15) is 17.1 Å². The van der Waals surface area contributed by atoms with Crippen molar-refractivity contribution in [2.75, 3.05) is 12.4 Å². The molecule has 17 heavy (non-hydrogen) atoms. The van der Waals surface area contributed by atoms with Gasteiger partial charge < -0.3 is 9.73 Å². The number of benzene rings is 1. The van der Waals surface area contributed by atoms with Crippen molar-refractivity contribution >= 4 is 32.7 Å². The van der Waals surface area contributed by atoms with Crippen molar-refractivity contribution in [3.05, 3.63) is 34.8 Å². The van der Waals surface area contributed by atoms with E-state index in [1.54, 1.807) is 0 Å². The van der Waals surface area contributed by atoms with Gasteiger partial charge in [-0.15, -0.1) is 0 Å². The molecule has 1 aromatic carbocycles. The first-order valence-corrected chi connectivity index (χ1v) is 5.98. The first-order valence-electron chi connectivity index (χ1n) is 5.19.